The number of benzene rings is 2. The van der Waals surface area contributed by atoms with Gasteiger partial charge in [-0.1, -0.05) is 42.5 Å². The van der Waals surface area contributed by atoms with Gasteiger partial charge in [-0.05, 0) is 69.7 Å². The van der Waals surface area contributed by atoms with E-state index in [1.165, 1.54) is 7.11 Å². The summed E-state index contributed by atoms with van der Waals surface area (Å²) in [5.74, 6) is -0.806. The summed E-state index contributed by atoms with van der Waals surface area (Å²) in [7, 11) is 1.32. The number of hydrogen-bond donors (Lipinski definition) is 3. The number of nitrogens with one attached hydrogen (secondary N) is 3. The minimum Gasteiger partial charge on any atom is -0.469 e. The molecule has 10 nitrogen and oxygen atoms in total. The first-order chi connectivity index (χ1) is 18.5. The van der Waals surface area contributed by atoms with Gasteiger partial charge in [0.15, 0.2) is 0 Å². The number of alkyl carbamates (subject to hydrolysis) is 2. The fourth-order valence-corrected chi connectivity index (χ4v) is 3.60. The van der Waals surface area contributed by atoms with Gasteiger partial charge in [0.05, 0.1) is 7.11 Å². The van der Waals surface area contributed by atoms with Gasteiger partial charge in [0, 0.05) is 18.7 Å². The number of methoxy groups -OCH3 is 1. The predicted molar refractivity (Wildman–Crippen MR) is 147 cm³/mol. The van der Waals surface area contributed by atoms with Gasteiger partial charge >= 0.3 is 18.2 Å². The fourth-order valence-electron chi connectivity index (χ4n) is 3.60. The zero-order chi connectivity index (χ0) is 28.8. The van der Waals surface area contributed by atoms with Crippen LogP contribution in [-0.2, 0) is 36.8 Å². The minimum absolute atomic E-state index is 0.152. The van der Waals surface area contributed by atoms with E-state index in [0.717, 1.165) is 16.7 Å². The monoisotopic (exact) mass is 541 g/mol. The maximum Gasteiger partial charge on any atom is 0.408 e. The molecule has 0 aliphatic rings. The van der Waals surface area contributed by atoms with E-state index in [-0.39, 0.29) is 32.0 Å². The van der Waals surface area contributed by atoms with E-state index in [0.29, 0.717) is 18.5 Å². The molecule has 0 spiro atoms. The van der Waals surface area contributed by atoms with E-state index in [2.05, 4.69) is 16.0 Å². The molecule has 0 bridgehead atoms. The van der Waals surface area contributed by atoms with E-state index < -0.39 is 29.7 Å². The normalized spacial score (nSPS) is 11.6. The largest absolute Gasteiger partial charge is 0.469 e. The van der Waals surface area contributed by atoms with Crippen LogP contribution in [0.1, 0.15) is 56.7 Å². The van der Waals surface area contributed by atoms with Crippen molar-refractivity contribution in [1.29, 1.82) is 0 Å². The predicted octanol–water partition coefficient (Wildman–Crippen LogP) is 4.64. The third-order valence-corrected chi connectivity index (χ3v) is 5.67. The first kappa shape index (κ1) is 31.1. The zero-order valence-corrected chi connectivity index (χ0v) is 23.3. The lowest BCUT2D eigenvalue weighted by molar-refractivity contribution is -0.140. The molecule has 10 heteroatoms. The molecule has 1 atom stereocenters. The van der Waals surface area contributed by atoms with Crippen LogP contribution in [-0.4, -0.2) is 49.4 Å². The molecule has 0 aromatic heterocycles. The molecule has 0 heterocycles. The summed E-state index contributed by atoms with van der Waals surface area (Å²) in [5.41, 5.74) is 2.48. The lowest BCUT2D eigenvalue weighted by Crippen LogP contribution is -2.46. The molecule has 2 aromatic rings. The molecular weight excluding hydrogens is 502 g/mol. The number of ether oxygens (including phenoxy) is 3. The van der Waals surface area contributed by atoms with Crippen LogP contribution < -0.4 is 16.0 Å². The molecule has 0 saturated heterocycles. The average Bonchev–Trinajstić information content (AvgIpc) is 2.88. The van der Waals surface area contributed by atoms with Gasteiger partial charge in [-0.3, -0.25) is 9.59 Å². The molecule has 0 aliphatic carbocycles. The van der Waals surface area contributed by atoms with Crippen LogP contribution in [0.2, 0.25) is 0 Å². The number of esters is 1. The Labute approximate surface area is 229 Å². The van der Waals surface area contributed by atoms with Gasteiger partial charge in [-0.2, -0.15) is 0 Å². The van der Waals surface area contributed by atoms with Crippen LogP contribution >= 0.6 is 0 Å². The maximum atomic E-state index is 13.2. The lowest BCUT2D eigenvalue weighted by atomic mass is 10.1. The molecule has 0 unspecified atom stereocenters. The molecule has 0 saturated carbocycles. The number of aryl methyl sites for hydroxylation is 2. The van der Waals surface area contributed by atoms with Gasteiger partial charge in [0.1, 0.15) is 18.2 Å². The van der Waals surface area contributed by atoms with E-state index in [1.54, 1.807) is 39.0 Å². The average molecular weight is 542 g/mol. The third-order valence-electron chi connectivity index (χ3n) is 5.67. The second-order valence-electron chi connectivity index (χ2n) is 9.99. The lowest BCUT2D eigenvalue weighted by Gasteiger charge is -2.23. The van der Waals surface area contributed by atoms with E-state index in [1.807, 2.05) is 37.3 Å². The van der Waals surface area contributed by atoms with Gasteiger partial charge < -0.3 is 30.2 Å². The van der Waals surface area contributed by atoms with Crippen molar-refractivity contribution in [1.82, 2.24) is 10.6 Å². The summed E-state index contributed by atoms with van der Waals surface area (Å²) >= 11 is 0. The van der Waals surface area contributed by atoms with Crippen LogP contribution in [0.15, 0.2) is 48.5 Å². The van der Waals surface area contributed by atoms with Gasteiger partial charge in [-0.15, -0.1) is 0 Å². The Hall–Kier alpha value is -4.08. The first-order valence-corrected chi connectivity index (χ1v) is 12.9. The molecule has 0 aliphatic heterocycles. The highest BCUT2D eigenvalue weighted by molar-refractivity contribution is 5.97. The molecule has 212 valence electrons. The number of hydrogen-bond acceptors (Lipinski definition) is 7. The van der Waals surface area contributed by atoms with Gasteiger partial charge in [-0.25, -0.2) is 9.59 Å². The van der Waals surface area contributed by atoms with E-state index >= 15 is 0 Å². The molecule has 0 radical (unpaired) electrons. The number of para-hydroxylation sites is 1. The number of anilines is 1. The van der Waals surface area contributed by atoms with E-state index in [9.17, 15) is 19.2 Å². The highest BCUT2D eigenvalue weighted by Gasteiger charge is 2.25. The minimum atomic E-state index is -0.932. The van der Waals surface area contributed by atoms with Crippen molar-refractivity contribution in [2.75, 3.05) is 19.0 Å². The highest BCUT2D eigenvalue weighted by atomic mass is 16.6. The first-order valence-electron chi connectivity index (χ1n) is 12.9. The molecular formula is C29H39N3O7. The molecule has 3 N–H and O–H groups in total. The Kier molecular flexibility index (Phi) is 12.3. The number of carbonyl (C=O) groups is 4. The topological polar surface area (TPSA) is 132 Å². The van der Waals surface area contributed by atoms with Crippen LogP contribution in [0, 0.1) is 6.92 Å². The molecule has 2 aromatic carbocycles. The van der Waals surface area contributed by atoms with E-state index in [4.69, 9.17) is 14.2 Å². The fraction of sp³-hybridized carbons (Fsp3) is 0.448. The smallest absolute Gasteiger partial charge is 0.408 e. The standard InChI is InChI=1S/C29H39N3O7/c1-20-11-6-7-13-22(20)19-38-27(35)30-18-10-15-24(32-28(36)39-29(2,3)4)26(34)31-23-14-9-8-12-21(23)16-17-25(33)37-5/h6-9,11-14,24H,10,15-19H2,1-5H3,(H,30,35)(H,31,34)(H,32,36)/t24-/m0/s1. The SMILES string of the molecule is COC(=O)CCc1ccccc1NC(=O)[C@H](CCCNC(=O)OCc1ccccc1C)NC(=O)OC(C)(C)C. The van der Waals surface area contributed by atoms with Crippen LogP contribution in [0.25, 0.3) is 0 Å². The van der Waals surface area contributed by atoms with Crippen molar-refractivity contribution in [3.63, 3.8) is 0 Å². The maximum absolute atomic E-state index is 13.2. The number of amides is 3. The summed E-state index contributed by atoms with van der Waals surface area (Å²) < 4.78 is 15.3. The second-order valence-corrected chi connectivity index (χ2v) is 9.99. The van der Waals surface area contributed by atoms with Crippen molar-refractivity contribution < 1.29 is 33.4 Å². The summed E-state index contributed by atoms with van der Waals surface area (Å²) in [5, 5.41) is 8.13. The second kappa shape index (κ2) is 15.4. The molecule has 2 rings (SSSR count). The van der Waals surface area contributed by atoms with Crippen LogP contribution in [0.5, 0.6) is 0 Å². The van der Waals surface area contributed by atoms with Crippen molar-refractivity contribution in [2.24, 2.45) is 0 Å². The summed E-state index contributed by atoms with van der Waals surface area (Å²) in [6.45, 7) is 7.52. The molecule has 3 amide bonds. The summed E-state index contributed by atoms with van der Waals surface area (Å²) in [4.78, 5) is 49.3. The summed E-state index contributed by atoms with van der Waals surface area (Å²) in [6.07, 6.45) is -0.146. The zero-order valence-electron chi connectivity index (χ0n) is 23.3. The van der Waals surface area contributed by atoms with Crippen molar-refractivity contribution in [3.8, 4) is 0 Å². The summed E-state index contributed by atoms with van der Waals surface area (Å²) in [6, 6.07) is 13.8. The number of carbonyl (C=O) groups excluding carboxylic acids is 4. The number of rotatable bonds is 12. The molecule has 39 heavy (non-hydrogen) atoms. The Morgan fingerprint density at radius 3 is 2.26 bits per heavy atom. The van der Waals surface area contributed by atoms with Gasteiger partial charge in [0.25, 0.3) is 0 Å². The van der Waals surface area contributed by atoms with Crippen LogP contribution in [0.3, 0.4) is 0 Å². The van der Waals surface area contributed by atoms with Crippen molar-refractivity contribution in [2.45, 2.75) is 71.6 Å². The quantitative estimate of drug-likeness (QED) is 0.203. The van der Waals surface area contributed by atoms with Gasteiger partial charge in [0.2, 0.25) is 5.91 Å². The van der Waals surface area contributed by atoms with Crippen LogP contribution in [0.4, 0.5) is 15.3 Å². The molecule has 0 fully saturated rings. The highest BCUT2D eigenvalue weighted by Crippen LogP contribution is 2.18. The van der Waals surface area contributed by atoms with Crippen molar-refractivity contribution in [3.05, 3.63) is 65.2 Å². The Balaban J connectivity index is 1.97. The Bertz CT molecular complexity index is 1130. The third kappa shape index (κ3) is 11.9. The Morgan fingerprint density at radius 2 is 1.59 bits per heavy atom. The Morgan fingerprint density at radius 1 is 0.923 bits per heavy atom. The van der Waals surface area contributed by atoms with Crippen molar-refractivity contribution >= 4 is 29.8 Å².